The van der Waals surface area contributed by atoms with Crippen LogP contribution in [0, 0.1) is 0 Å². The van der Waals surface area contributed by atoms with Gasteiger partial charge in [-0.25, -0.2) is 4.98 Å². The molecule has 4 rings (SSSR count). The Hall–Kier alpha value is -2.14. The number of hydrogen-bond donors (Lipinski definition) is 2. The second kappa shape index (κ2) is 6.40. The van der Waals surface area contributed by atoms with Crippen LogP contribution in [-0.4, -0.2) is 22.1 Å². The number of nitrogens with zero attached hydrogens (tertiary/aromatic N) is 2. The number of ether oxygens (including phenoxy) is 1. The first-order chi connectivity index (χ1) is 11.7. The van der Waals surface area contributed by atoms with Crippen LogP contribution in [0.3, 0.4) is 0 Å². The molecule has 5 heteroatoms. The fraction of sp³-hybridized carbons (Fsp3) is 0.474. The Labute approximate surface area is 142 Å². The summed E-state index contributed by atoms with van der Waals surface area (Å²) in [4.78, 5) is 8.97. The van der Waals surface area contributed by atoms with Crippen molar-refractivity contribution >= 4 is 5.95 Å². The van der Waals surface area contributed by atoms with Crippen molar-refractivity contribution in [2.45, 2.75) is 57.1 Å². The molecule has 2 aromatic rings. The first-order valence-corrected chi connectivity index (χ1v) is 8.87. The Balaban J connectivity index is 1.71. The van der Waals surface area contributed by atoms with Gasteiger partial charge in [0, 0.05) is 17.2 Å². The van der Waals surface area contributed by atoms with Crippen LogP contribution in [0.25, 0.3) is 11.3 Å². The van der Waals surface area contributed by atoms with Gasteiger partial charge in [-0.3, -0.25) is 0 Å². The molecule has 0 amide bonds. The lowest BCUT2D eigenvalue weighted by Gasteiger charge is -2.27. The van der Waals surface area contributed by atoms with Crippen LogP contribution < -0.4 is 16.2 Å². The van der Waals surface area contributed by atoms with Gasteiger partial charge in [0.2, 0.25) is 11.8 Å². The van der Waals surface area contributed by atoms with E-state index < -0.39 is 0 Å². The quantitative estimate of drug-likeness (QED) is 0.887. The number of nitrogens with two attached hydrogens (primary N) is 2. The van der Waals surface area contributed by atoms with Crippen LogP contribution in [0.2, 0.25) is 0 Å². The molecule has 1 heterocycles. The van der Waals surface area contributed by atoms with Crippen molar-refractivity contribution in [3.8, 4) is 17.1 Å². The van der Waals surface area contributed by atoms with Crippen molar-refractivity contribution in [2.75, 3.05) is 5.73 Å². The number of anilines is 1. The molecule has 24 heavy (non-hydrogen) atoms. The second-order valence-corrected chi connectivity index (χ2v) is 6.88. The molecule has 2 aliphatic carbocycles. The lowest BCUT2D eigenvalue weighted by atomic mass is 9.93. The Bertz CT molecular complexity index is 738. The van der Waals surface area contributed by atoms with Gasteiger partial charge >= 0.3 is 0 Å². The minimum Gasteiger partial charge on any atom is -0.474 e. The summed E-state index contributed by atoms with van der Waals surface area (Å²) in [6, 6.07) is 8.73. The molecule has 0 saturated heterocycles. The van der Waals surface area contributed by atoms with Crippen molar-refractivity contribution in [1.82, 2.24) is 9.97 Å². The molecule has 1 aromatic heterocycles. The highest BCUT2D eigenvalue weighted by Crippen LogP contribution is 2.36. The molecule has 1 fully saturated rings. The normalized spacial score (nSPS) is 23.0. The van der Waals surface area contributed by atoms with E-state index in [1.165, 1.54) is 5.56 Å². The number of aryl methyl sites for hydroxylation is 1. The Morgan fingerprint density at radius 2 is 1.79 bits per heavy atom. The SMILES string of the molecule is Nc1nc(OC2CCC(N)CC2)c2c(n1)-c1ccccc1CCC2. The van der Waals surface area contributed by atoms with Gasteiger partial charge in [-0.1, -0.05) is 24.3 Å². The maximum absolute atomic E-state index is 6.27. The minimum absolute atomic E-state index is 0.182. The van der Waals surface area contributed by atoms with Gasteiger partial charge in [0.05, 0.1) is 5.69 Å². The third-order valence-corrected chi connectivity index (χ3v) is 5.13. The molecular formula is C19H24N4O. The van der Waals surface area contributed by atoms with Crippen molar-refractivity contribution in [2.24, 2.45) is 5.73 Å². The monoisotopic (exact) mass is 324 g/mol. The van der Waals surface area contributed by atoms with Gasteiger partial charge in [0.25, 0.3) is 0 Å². The maximum atomic E-state index is 6.27. The molecule has 0 spiro atoms. The maximum Gasteiger partial charge on any atom is 0.223 e. The van der Waals surface area contributed by atoms with Crippen LogP contribution >= 0.6 is 0 Å². The van der Waals surface area contributed by atoms with E-state index in [9.17, 15) is 0 Å². The Kier molecular flexibility index (Phi) is 4.10. The van der Waals surface area contributed by atoms with E-state index in [4.69, 9.17) is 16.2 Å². The van der Waals surface area contributed by atoms with Crippen LogP contribution in [0.4, 0.5) is 5.95 Å². The van der Waals surface area contributed by atoms with E-state index in [-0.39, 0.29) is 12.1 Å². The lowest BCUT2D eigenvalue weighted by Crippen LogP contribution is -2.32. The van der Waals surface area contributed by atoms with E-state index >= 15 is 0 Å². The molecule has 1 saturated carbocycles. The highest BCUT2D eigenvalue weighted by Gasteiger charge is 2.25. The van der Waals surface area contributed by atoms with Gasteiger partial charge in [-0.05, 0) is 50.5 Å². The average molecular weight is 324 g/mol. The zero-order valence-corrected chi connectivity index (χ0v) is 13.9. The number of benzene rings is 1. The highest BCUT2D eigenvalue weighted by molar-refractivity contribution is 5.70. The molecule has 0 unspecified atom stereocenters. The fourth-order valence-electron chi connectivity index (χ4n) is 3.81. The molecular weight excluding hydrogens is 300 g/mol. The molecule has 126 valence electrons. The van der Waals surface area contributed by atoms with Gasteiger partial charge < -0.3 is 16.2 Å². The van der Waals surface area contributed by atoms with E-state index in [1.807, 2.05) is 0 Å². The summed E-state index contributed by atoms with van der Waals surface area (Å²) in [6.07, 6.45) is 7.21. The van der Waals surface area contributed by atoms with Crippen molar-refractivity contribution in [1.29, 1.82) is 0 Å². The van der Waals surface area contributed by atoms with Crippen molar-refractivity contribution in [3.05, 3.63) is 35.4 Å². The first kappa shape index (κ1) is 15.4. The van der Waals surface area contributed by atoms with E-state index in [0.29, 0.717) is 11.9 Å². The Morgan fingerprint density at radius 3 is 2.62 bits per heavy atom. The van der Waals surface area contributed by atoms with E-state index in [2.05, 4.69) is 34.2 Å². The predicted octanol–water partition coefficient (Wildman–Crippen LogP) is 2.86. The van der Waals surface area contributed by atoms with E-state index in [1.54, 1.807) is 0 Å². The highest BCUT2D eigenvalue weighted by atomic mass is 16.5. The van der Waals surface area contributed by atoms with Gasteiger partial charge in [-0.15, -0.1) is 0 Å². The minimum atomic E-state index is 0.182. The summed E-state index contributed by atoms with van der Waals surface area (Å²) in [5.74, 6) is 0.961. The summed E-state index contributed by atoms with van der Waals surface area (Å²) in [5.41, 5.74) is 16.5. The van der Waals surface area contributed by atoms with Crippen LogP contribution in [-0.2, 0) is 12.8 Å². The Morgan fingerprint density at radius 1 is 1.00 bits per heavy atom. The zero-order valence-electron chi connectivity index (χ0n) is 13.9. The van der Waals surface area contributed by atoms with Gasteiger partial charge in [0.1, 0.15) is 6.10 Å². The van der Waals surface area contributed by atoms with Crippen LogP contribution in [0.1, 0.15) is 43.2 Å². The van der Waals surface area contributed by atoms with Crippen molar-refractivity contribution < 1.29 is 4.74 Å². The van der Waals surface area contributed by atoms with Crippen molar-refractivity contribution in [3.63, 3.8) is 0 Å². The molecule has 0 aliphatic heterocycles. The summed E-state index contributed by atoms with van der Waals surface area (Å²) in [6.45, 7) is 0. The standard InChI is InChI=1S/C19H24N4O/c20-13-8-10-14(11-9-13)24-18-16-7-3-5-12-4-1-2-6-15(12)17(16)22-19(21)23-18/h1-2,4,6,13-14H,3,5,7-11,20H2,(H2,21,22,23). The first-order valence-electron chi connectivity index (χ1n) is 8.87. The molecule has 4 N–H and O–H groups in total. The van der Waals surface area contributed by atoms with Gasteiger partial charge in [0.15, 0.2) is 0 Å². The predicted molar refractivity (Wildman–Crippen MR) is 94.8 cm³/mol. The molecule has 2 aliphatic rings. The summed E-state index contributed by atoms with van der Waals surface area (Å²) in [7, 11) is 0. The number of nitrogen functional groups attached to an aromatic ring is 1. The zero-order chi connectivity index (χ0) is 16.5. The lowest BCUT2D eigenvalue weighted by molar-refractivity contribution is 0.140. The van der Waals surface area contributed by atoms with Crippen LogP contribution in [0.5, 0.6) is 5.88 Å². The van der Waals surface area contributed by atoms with Gasteiger partial charge in [-0.2, -0.15) is 4.98 Å². The topological polar surface area (TPSA) is 87.0 Å². The fourth-order valence-corrected chi connectivity index (χ4v) is 3.81. The smallest absolute Gasteiger partial charge is 0.223 e. The number of rotatable bonds is 2. The molecule has 0 bridgehead atoms. The summed E-state index contributed by atoms with van der Waals surface area (Å²) in [5, 5.41) is 0. The molecule has 0 atom stereocenters. The number of aromatic nitrogens is 2. The molecule has 5 nitrogen and oxygen atoms in total. The average Bonchev–Trinajstić information content (AvgIpc) is 2.77. The molecule has 0 radical (unpaired) electrons. The number of hydrogen-bond acceptors (Lipinski definition) is 5. The third-order valence-electron chi connectivity index (χ3n) is 5.13. The number of fused-ring (bicyclic) bond motifs is 3. The van der Waals surface area contributed by atoms with E-state index in [0.717, 1.165) is 61.8 Å². The largest absolute Gasteiger partial charge is 0.474 e. The second-order valence-electron chi connectivity index (χ2n) is 6.88. The van der Waals surface area contributed by atoms with Crippen LogP contribution in [0.15, 0.2) is 24.3 Å². The third kappa shape index (κ3) is 2.96. The summed E-state index contributed by atoms with van der Waals surface area (Å²) < 4.78 is 6.27. The summed E-state index contributed by atoms with van der Waals surface area (Å²) >= 11 is 0. The molecule has 1 aromatic carbocycles.